The number of rotatable bonds is 2. The molecule has 21 heavy (non-hydrogen) atoms. The highest BCUT2D eigenvalue weighted by atomic mass is 35.5. The zero-order valence-electron chi connectivity index (χ0n) is 12.3. The fourth-order valence-corrected chi connectivity index (χ4v) is 3.44. The quantitative estimate of drug-likeness (QED) is 0.627. The topological polar surface area (TPSA) is 35.0 Å². The minimum absolute atomic E-state index is 0.459. The molecule has 0 unspecified atom stereocenters. The zero-order valence-corrected chi connectivity index (χ0v) is 13.9. The molecule has 0 atom stereocenters. The van der Waals surface area contributed by atoms with E-state index < -0.39 is 0 Å². The molecule has 5 heteroatoms. The van der Waals surface area contributed by atoms with Crippen LogP contribution in [0.3, 0.4) is 0 Å². The Bertz CT molecular complexity index is 822. The highest BCUT2D eigenvalue weighted by Crippen LogP contribution is 2.33. The van der Waals surface area contributed by atoms with Gasteiger partial charge in [-0.1, -0.05) is 11.6 Å². The molecule has 3 rings (SSSR count). The number of hydrogen-bond donors (Lipinski definition) is 0. The van der Waals surface area contributed by atoms with Crippen LogP contribution in [-0.2, 0) is 0 Å². The lowest BCUT2D eigenvalue weighted by Crippen LogP contribution is -1.94. The lowest BCUT2D eigenvalue weighted by molar-refractivity contribution is 0.415. The average Bonchev–Trinajstić information content (AvgIpc) is 2.79. The molecule has 0 fully saturated rings. The van der Waals surface area contributed by atoms with Gasteiger partial charge in [-0.2, -0.15) is 0 Å². The maximum absolute atomic E-state index is 6.36. The van der Waals surface area contributed by atoms with Crippen molar-refractivity contribution < 1.29 is 4.74 Å². The molecule has 0 amide bonds. The fourth-order valence-electron chi connectivity index (χ4n) is 2.25. The molecule has 1 aromatic carbocycles. The van der Waals surface area contributed by atoms with Gasteiger partial charge in [-0.3, -0.25) is 0 Å². The summed E-state index contributed by atoms with van der Waals surface area (Å²) in [7, 11) is 1.64. The Morgan fingerprint density at radius 2 is 1.81 bits per heavy atom. The highest BCUT2D eigenvalue weighted by molar-refractivity contribution is 7.15. The second kappa shape index (κ2) is 5.28. The molecule has 2 heterocycles. The average molecular weight is 319 g/mol. The van der Waals surface area contributed by atoms with Crippen molar-refractivity contribution in [3.8, 4) is 16.5 Å². The first-order valence-corrected chi connectivity index (χ1v) is 7.78. The Kier molecular flexibility index (Phi) is 3.59. The van der Waals surface area contributed by atoms with Gasteiger partial charge in [0.05, 0.1) is 17.5 Å². The number of thiophene rings is 1. The first kappa shape index (κ1) is 14.3. The molecular formula is C16H15ClN2OS. The summed E-state index contributed by atoms with van der Waals surface area (Å²) < 4.78 is 5.28. The van der Waals surface area contributed by atoms with Gasteiger partial charge in [0.1, 0.15) is 10.9 Å². The molecule has 0 N–H and O–H groups in total. The van der Waals surface area contributed by atoms with Crippen LogP contribution in [0, 0.1) is 20.8 Å². The van der Waals surface area contributed by atoms with Crippen LogP contribution in [0.25, 0.3) is 21.6 Å². The summed E-state index contributed by atoms with van der Waals surface area (Å²) >= 11 is 8.05. The second-order valence-corrected chi connectivity index (χ2v) is 6.64. The maximum atomic E-state index is 6.36. The molecule has 0 bridgehead atoms. The molecule has 0 aliphatic rings. The summed E-state index contributed by atoms with van der Waals surface area (Å²) in [6.07, 6.45) is 0. The third kappa shape index (κ3) is 2.49. The Hall–Kier alpha value is -1.65. The van der Waals surface area contributed by atoms with Crippen LogP contribution in [0.5, 0.6) is 5.75 Å². The molecule has 0 aliphatic heterocycles. The molecule has 0 spiro atoms. The number of ether oxygens (including phenoxy) is 1. The van der Waals surface area contributed by atoms with Gasteiger partial charge in [-0.15, -0.1) is 11.3 Å². The second-order valence-electron chi connectivity index (χ2n) is 5.03. The first-order valence-electron chi connectivity index (χ1n) is 6.59. The number of hydrogen-bond acceptors (Lipinski definition) is 4. The lowest BCUT2D eigenvalue weighted by Gasteiger charge is -2.08. The van der Waals surface area contributed by atoms with Gasteiger partial charge in [-0.25, -0.2) is 9.97 Å². The van der Waals surface area contributed by atoms with E-state index in [9.17, 15) is 0 Å². The van der Waals surface area contributed by atoms with Crippen molar-refractivity contribution in [2.45, 2.75) is 20.8 Å². The molecule has 0 radical (unpaired) electrons. The summed E-state index contributed by atoms with van der Waals surface area (Å²) in [5.41, 5.74) is 3.15. The van der Waals surface area contributed by atoms with Crippen LogP contribution >= 0.6 is 22.9 Å². The van der Waals surface area contributed by atoms with Crippen molar-refractivity contribution in [2.24, 2.45) is 0 Å². The number of methoxy groups -OCH3 is 1. The number of halogens is 1. The van der Waals surface area contributed by atoms with Crippen LogP contribution < -0.4 is 4.74 Å². The summed E-state index contributed by atoms with van der Waals surface area (Å²) in [6, 6.07) is 5.94. The van der Waals surface area contributed by atoms with Crippen LogP contribution in [-0.4, -0.2) is 17.1 Å². The van der Waals surface area contributed by atoms with E-state index in [1.165, 1.54) is 10.4 Å². The van der Waals surface area contributed by atoms with Crippen LogP contribution in [0.4, 0.5) is 0 Å². The minimum Gasteiger partial charge on any atom is -0.497 e. The lowest BCUT2D eigenvalue weighted by atomic mass is 10.1. The third-order valence-electron chi connectivity index (χ3n) is 3.54. The molecule has 2 aromatic heterocycles. The van der Waals surface area contributed by atoms with Crippen LogP contribution in [0.1, 0.15) is 16.0 Å². The van der Waals surface area contributed by atoms with Gasteiger partial charge >= 0.3 is 0 Å². The Morgan fingerprint density at radius 1 is 1.05 bits per heavy atom. The van der Waals surface area contributed by atoms with E-state index in [0.717, 1.165) is 27.1 Å². The summed E-state index contributed by atoms with van der Waals surface area (Å²) in [4.78, 5) is 11.5. The summed E-state index contributed by atoms with van der Waals surface area (Å²) in [6.45, 7) is 6.19. The van der Waals surface area contributed by atoms with Gasteiger partial charge in [-0.05, 0) is 50.1 Å². The van der Waals surface area contributed by atoms with E-state index in [1.807, 2.05) is 19.1 Å². The van der Waals surface area contributed by atoms with Crippen molar-refractivity contribution in [2.75, 3.05) is 7.11 Å². The summed E-state index contributed by atoms with van der Waals surface area (Å²) in [5.74, 6) is 1.45. The van der Waals surface area contributed by atoms with E-state index >= 15 is 0 Å². The van der Waals surface area contributed by atoms with Crippen molar-refractivity contribution in [1.29, 1.82) is 0 Å². The van der Waals surface area contributed by atoms with E-state index in [2.05, 4.69) is 24.9 Å². The van der Waals surface area contributed by atoms with Crippen LogP contribution in [0.2, 0.25) is 5.15 Å². The fraction of sp³-hybridized carbons (Fsp3) is 0.250. The Labute approximate surface area is 132 Å². The van der Waals surface area contributed by atoms with Gasteiger partial charge in [0, 0.05) is 10.3 Å². The van der Waals surface area contributed by atoms with Crippen molar-refractivity contribution >= 4 is 33.8 Å². The van der Waals surface area contributed by atoms with Crippen molar-refractivity contribution in [3.63, 3.8) is 0 Å². The molecule has 0 aliphatic carbocycles. The highest BCUT2D eigenvalue weighted by Gasteiger charge is 2.13. The largest absolute Gasteiger partial charge is 0.497 e. The van der Waals surface area contributed by atoms with Gasteiger partial charge < -0.3 is 4.74 Å². The first-order chi connectivity index (χ1) is 9.99. The van der Waals surface area contributed by atoms with E-state index in [0.29, 0.717) is 11.0 Å². The molecule has 3 aromatic rings. The van der Waals surface area contributed by atoms with E-state index in [4.69, 9.17) is 21.3 Å². The molecule has 3 nitrogen and oxygen atoms in total. The SMILES string of the molecule is COc1cc(C)c2nc(-c3cc(C)c(C)s3)nc(Cl)c2c1. The molecule has 108 valence electrons. The number of aromatic nitrogens is 2. The van der Waals surface area contributed by atoms with E-state index in [-0.39, 0.29) is 0 Å². The predicted octanol–water partition coefficient (Wildman–Crippen LogP) is 4.95. The predicted molar refractivity (Wildman–Crippen MR) is 88.6 cm³/mol. The van der Waals surface area contributed by atoms with Crippen LogP contribution in [0.15, 0.2) is 18.2 Å². The normalized spacial score (nSPS) is 11.1. The van der Waals surface area contributed by atoms with Gasteiger partial charge in [0.15, 0.2) is 5.82 Å². The number of aryl methyl sites for hydroxylation is 3. The minimum atomic E-state index is 0.459. The Balaban J connectivity index is 2.25. The van der Waals surface area contributed by atoms with Crippen molar-refractivity contribution in [1.82, 2.24) is 9.97 Å². The van der Waals surface area contributed by atoms with Gasteiger partial charge in [0.25, 0.3) is 0 Å². The third-order valence-corrected chi connectivity index (χ3v) is 4.98. The number of nitrogens with zero attached hydrogens (tertiary/aromatic N) is 2. The monoisotopic (exact) mass is 318 g/mol. The molecule has 0 saturated heterocycles. The van der Waals surface area contributed by atoms with E-state index in [1.54, 1.807) is 18.4 Å². The standard InChI is InChI=1S/C16H15ClN2OS/c1-8-6-13(21-10(8)3)16-18-14-9(2)5-11(20-4)7-12(14)15(17)19-16/h5-7H,1-4H3. The number of benzene rings is 1. The molecule has 0 saturated carbocycles. The summed E-state index contributed by atoms with van der Waals surface area (Å²) in [5, 5.41) is 1.28. The van der Waals surface area contributed by atoms with Gasteiger partial charge in [0.2, 0.25) is 0 Å². The zero-order chi connectivity index (χ0) is 15.1. The smallest absolute Gasteiger partial charge is 0.171 e. The Morgan fingerprint density at radius 3 is 2.43 bits per heavy atom. The molecular weight excluding hydrogens is 304 g/mol. The maximum Gasteiger partial charge on any atom is 0.171 e. The number of fused-ring (bicyclic) bond motifs is 1. The van der Waals surface area contributed by atoms with Crippen molar-refractivity contribution in [3.05, 3.63) is 39.4 Å².